The Morgan fingerprint density at radius 3 is 2.94 bits per heavy atom. The van der Waals surface area contributed by atoms with Crippen LogP contribution in [0.2, 0.25) is 5.02 Å². The number of esters is 1. The van der Waals surface area contributed by atoms with E-state index in [0.29, 0.717) is 23.6 Å². The number of nitrogens with zero attached hydrogens (tertiary/aromatic N) is 4. The lowest BCUT2D eigenvalue weighted by Gasteiger charge is -2.14. The Kier molecular flexibility index (Phi) is 4.92. The summed E-state index contributed by atoms with van der Waals surface area (Å²) in [5, 5.41) is 1.78. The van der Waals surface area contributed by atoms with Crippen LogP contribution in [-0.2, 0) is 17.6 Å². The number of imidazole rings is 1. The fourth-order valence-corrected chi connectivity index (χ4v) is 4.85. The van der Waals surface area contributed by atoms with Crippen molar-refractivity contribution in [1.29, 1.82) is 0 Å². The Balaban J connectivity index is 1.54. The van der Waals surface area contributed by atoms with Crippen molar-refractivity contribution in [3.8, 4) is 16.9 Å². The van der Waals surface area contributed by atoms with Crippen LogP contribution in [0.4, 0.5) is 0 Å². The van der Waals surface area contributed by atoms with Gasteiger partial charge in [0, 0.05) is 58.0 Å². The number of benzene rings is 2. The van der Waals surface area contributed by atoms with Crippen molar-refractivity contribution >= 4 is 28.5 Å². The molecule has 0 bridgehead atoms. The molecule has 168 valence electrons. The molecule has 6 rings (SSSR count). The van der Waals surface area contributed by atoms with Gasteiger partial charge >= 0.3 is 5.97 Å². The van der Waals surface area contributed by atoms with Gasteiger partial charge < -0.3 is 9.72 Å². The van der Waals surface area contributed by atoms with Crippen LogP contribution in [0.25, 0.3) is 27.8 Å². The highest BCUT2D eigenvalue weighted by Crippen LogP contribution is 2.37. The Morgan fingerprint density at radius 1 is 1.18 bits per heavy atom. The summed E-state index contributed by atoms with van der Waals surface area (Å²) < 4.78 is 7.39. The van der Waals surface area contributed by atoms with Gasteiger partial charge in [-0.15, -0.1) is 0 Å². The molecule has 1 aliphatic heterocycles. The van der Waals surface area contributed by atoms with E-state index >= 15 is 0 Å². The number of para-hydroxylation sites is 1. The third kappa shape index (κ3) is 3.28. The summed E-state index contributed by atoms with van der Waals surface area (Å²) in [6.45, 7) is 2.05. The number of H-pyrrole nitrogens is 1. The first-order chi connectivity index (χ1) is 16.6. The highest BCUT2D eigenvalue weighted by atomic mass is 35.5. The van der Waals surface area contributed by atoms with Crippen LogP contribution >= 0.6 is 11.6 Å². The Hall–Kier alpha value is -3.97. The fraction of sp³-hybridized carbons (Fsp3) is 0.154. The minimum atomic E-state index is -0.455. The predicted molar refractivity (Wildman–Crippen MR) is 129 cm³/mol. The molecule has 1 aliphatic rings. The van der Waals surface area contributed by atoms with Gasteiger partial charge in [0.2, 0.25) is 0 Å². The van der Waals surface area contributed by atoms with Crippen LogP contribution in [0.1, 0.15) is 40.1 Å². The molecule has 0 radical (unpaired) electrons. The summed E-state index contributed by atoms with van der Waals surface area (Å²) in [7, 11) is 0. The molecule has 3 aromatic heterocycles. The minimum Gasteiger partial charge on any atom is -0.461 e. The summed E-state index contributed by atoms with van der Waals surface area (Å²) in [6.07, 6.45) is 6.36. The third-order valence-electron chi connectivity index (χ3n) is 6.16. The SMILES string of the molecule is CCOC(=O)c1ncnc2c1Cc1cnc(Cc3c[nH]c4ccccc34)n1-c1cc(Cl)ccc1-2. The second kappa shape index (κ2) is 8.11. The molecule has 0 saturated heterocycles. The zero-order valence-corrected chi connectivity index (χ0v) is 19.1. The lowest BCUT2D eigenvalue weighted by molar-refractivity contribution is 0.0518. The molecule has 5 aromatic rings. The van der Waals surface area contributed by atoms with Crippen LogP contribution in [-0.4, -0.2) is 37.1 Å². The number of halogens is 1. The maximum atomic E-state index is 12.7. The van der Waals surface area contributed by atoms with E-state index < -0.39 is 5.97 Å². The molecule has 7 nitrogen and oxygen atoms in total. The Bertz CT molecular complexity index is 1570. The molecule has 1 N–H and O–H groups in total. The minimum absolute atomic E-state index is 0.274. The fourth-order valence-electron chi connectivity index (χ4n) is 4.68. The number of hydrogen-bond donors (Lipinski definition) is 1. The quantitative estimate of drug-likeness (QED) is 0.361. The van der Waals surface area contributed by atoms with Crippen molar-refractivity contribution in [1.82, 2.24) is 24.5 Å². The Labute approximate surface area is 200 Å². The van der Waals surface area contributed by atoms with E-state index in [-0.39, 0.29) is 12.3 Å². The van der Waals surface area contributed by atoms with Gasteiger partial charge in [0.15, 0.2) is 5.69 Å². The average Bonchev–Trinajstić information content (AvgIpc) is 3.40. The number of carbonyl (C=O) groups excluding carboxylic acids is 1. The molecule has 0 amide bonds. The molecule has 0 unspecified atom stereocenters. The van der Waals surface area contributed by atoms with E-state index in [9.17, 15) is 4.79 Å². The van der Waals surface area contributed by atoms with E-state index in [2.05, 4.69) is 31.7 Å². The van der Waals surface area contributed by atoms with Gasteiger partial charge in [-0.25, -0.2) is 19.7 Å². The molecule has 0 saturated carbocycles. The van der Waals surface area contributed by atoms with Gasteiger partial charge in [0.1, 0.15) is 12.2 Å². The standard InChI is InChI=1S/C26H20ClN5O2/c1-2-34-26(33)25-20-11-17-13-29-23(9-15-12-28-21-6-4-3-5-18(15)21)32(17)22-10-16(27)7-8-19(22)24(20)30-14-31-25/h3-8,10,12-14,28H,2,9,11H2,1H3. The smallest absolute Gasteiger partial charge is 0.357 e. The molecule has 34 heavy (non-hydrogen) atoms. The van der Waals surface area contributed by atoms with Crippen LogP contribution in [0.15, 0.2) is 61.2 Å². The summed E-state index contributed by atoms with van der Waals surface area (Å²) in [5.74, 6) is 0.422. The topological polar surface area (TPSA) is 85.7 Å². The lowest BCUT2D eigenvalue weighted by atomic mass is 10.0. The first-order valence-electron chi connectivity index (χ1n) is 11.1. The van der Waals surface area contributed by atoms with Crippen molar-refractivity contribution in [2.24, 2.45) is 0 Å². The van der Waals surface area contributed by atoms with E-state index in [1.165, 1.54) is 11.7 Å². The number of fused-ring (bicyclic) bond motifs is 6. The Morgan fingerprint density at radius 2 is 2.06 bits per heavy atom. The first kappa shape index (κ1) is 20.6. The molecule has 0 fully saturated rings. The highest BCUT2D eigenvalue weighted by Gasteiger charge is 2.28. The number of hydrogen-bond acceptors (Lipinski definition) is 5. The van der Waals surface area contributed by atoms with Crippen molar-refractivity contribution in [2.75, 3.05) is 6.61 Å². The average molecular weight is 470 g/mol. The normalized spacial score (nSPS) is 12.1. The first-order valence-corrected chi connectivity index (χ1v) is 11.4. The number of aromatic amines is 1. The summed E-state index contributed by atoms with van der Waals surface area (Å²) in [4.78, 5) is 29.6. The molecular weight excluding hydrogens is 450 g/mol. The molecule has 0 spiro atoms. The number of rotatable bonds is 4. The molecular formula is C26H20ClN5O2. The molecule has 8 heteroatoms. The van der Waals surface area contributed by atoms with Crippen molar-refractivity contribution in [3.05, 3.63) is 94.5 Å². The van der Waals surface area contributed by atoms with Gasteiger partial charge in [-0.2, -0.15) is 0 Å². The second-order valence-corrected chi connectivity index (χ2v) is 8.58. The van der Waals surface area contributed by atoms with Gasteiger partial charge in [-0.3, -0.25) is 4.57 Å². The molecule has 2 aromatic carbocycles. The number of aromatic nitrogens is 5. The van der Waals surface area contributed by atoms with Crippen LogP contribution in [0.3, 0.4) is 0 Å². The van der Waals surface area contributed by atoms with Crippen LogP contribution in [0, 0.1) is 0 Å². The van der Waals surface area contributed by atoms with Crippen molar-refractivity contribution in [2.45, 2.75) is 19.8 Å². The summed E-state index contributed by atoms with van der Waals surface area (Å²) >= 11 is 6.44. The van der Waals surface area contributed by atoms with Crippen molar-refractivity contribution < 1.29 is 9.53 Å². The second-order valence-electron chi connectivity index (χ2n) is 8.15. The summed E-state index contributed by atoms with van der Waals surface area (Å²) in [5.41, 5.74) is 6.62. The monoisotopic (exact) mass is 469 g/mol. The highest BCUT2D eigenvalue weighted by molar-refractivity contribution is 6.30. The number of carbonyl (C=O) groups is 1. The van der Waals surface area contributed by atoms with Crippen LogP contribution in [0.5, 0.6) is 0 Å². The van der Waals surface area contributed by atoms with E-state index in [4.69, 9.17) is 21.3 Å². The number of ether oxygens (including phenoxy) is 1. The molecule has 4 heterocycles. The summed E-state index contributed by atoms with van der Waals surface area (Å²) in [6, 6.07) is 13.9. The van der Waals surface area contributed by atoms with Gasteiger partial charge in [0.25, 0.3) is 0 Å². The molecule has 0 aliphatic carbocycles. The largest absolute Gasteiger partial charge is 0.461 e. The zero-order valence-electron chi connectivity index (χ0n) is 18.4. The maximum Gasteiger partial charge on any atom is 0.357 e. The zero-order chi connectivity index (χ0) is 23.2. The number of nitrogens with one attached hydrogen (secondary N) is 1. The van der Waals surface area contributed by atoms with Gasteiger partial charge in [0.05, 0.1) is 18.0 Å². The predicted octanol–water partition coefficient (Wildman–Crippen LogP) is 5.14. The lowest BCUT2D eigenvalue weighted by Crippen LogP contribution is -2.12. The van der Waals surface area contributed by atoms with E-state index in [1.54, 1.807) is 6.92 Å². The van der Waals surface area contributed by atoms with Crippen molar-refractivity contribution in [3.63, 3.8) is 0 Å². The van der Waals surface area contributed by atoms with Crippen LogP contribution < -0.4 is 0 Å². The maximum absolute atomic E-state index is 12.7. The van der Waals surface area contributed by atoms with Gasteiger partial charge in [-0.1, -0.05) is 29.8 Å². The van der Waals surface area contributed by atoms with E-state index in [1.807, 2.05) is 42.7 Å². The van der Waals surface area contributed by atoms with E-state index in [0.717, 1.165) is 39.4 Å². The molecule has 0 atom stereocenters. The van der Waals surface area contributed by atoms with Gasteiger partial charge in [-0.05, 0) is 36.8 Å². The third-order valence-corrected chi connectivity index (χ3v) is 6.39.